The van der Waals surface area contributed by atoms with Crippen LogP contribution in [0.15, 0.2) is 29.2 Å². The lowest BCUT2D eigenvalue weighted by atomic mass is 10.3. The van der Waals surface area contributed by atoms with Crippen LogP contribution in [0.2, 0.25) is 5.15 Å². The number of aromatic nitrogens is 2. The maximum absolute atomic E-state index is 13.0. The Kier molecular flexibility index (Phi) is 2.01. The van der Waals surface area contributed by atoms with E-state index >= 15 is 0 Å². The molecular formula is C11H8ClFN2O. The van der Waals surface area contributed by atoms with Gasteiger partial charge in [-0.3, -0.25) is 4.79 Å². The smallest absolute Gasteiger partial charge is 0.191 e. The van der Waals surface area contributed by atoms with Crippen molar-refractivity contribution >= 4 is 22.6 Å². The van der Waals surface area contributed by atoms with Crippen molar-refractivity contribution in [2.24, 2.45) is 0 Å². The van der Waals surface area contributed by atoms with Crippen molar-refractivity contribution in [2.75, 3.05) is 0 Å². The lowest BCUT2D eigenvalue weighted by molar-refractivity contribution is 0.443. The first-order chi connectivity index (χ1) is 7.66. The zero-order valence-electron chi connectivity index (χ0n) is 8.23. The normalized spacial score (nSPS) is 23.6. The summed E-state index contributed by atoms with van der Waals surface area (Å²) in [7, 11) is 0. The molecule has 82 valence electrons. The van der Waals surface area contributed by atoms with Crippen LogP contribution in [0.4, 0.5) is 4.39 Å². The molecule has 1 saturated carbocycles. The molecule has 2 aromatic heterocycles. The van der Waals surface area contributed by atoms with E-state index in [9.17, 15) is 9.18 Å². The molecule has 0 N–H and O–H groups in total. The summed E-state index contributed by atoms with van der Waals surface area (Å²) in [6.45, 7) is 0. The molecule has 0 amide bonds. The van der Waals surface area contributed by atoms with Crippen molar-refractivity contribution in [1.29, 1.82) is 0 Å². The van der Waals surface area contributed by atoms with Gasteiger partial charge in [0.2, 0.25) is 0 Å². The third kappa shape index (κ3) is 1.41. The molecule has 0 aliphatic heterocycles. The van der Waals surface area contributed by atoms with E-state index in [2.05, 4.69) is 4.98 Å². The second-order valence-corrected chi connectivity index (χ2v) is 4.30. The van der Waals surface area contributed by atoms with Crippen LogP contribution in [-0.2, 0) is 0 Å². The molecule has 1 fully saturated rings. The molecule has 2 heterocycles. The van der Waals surface area contributed by atoms with Crippen LogP contribution < -0.4 is 5.43 Å². The molecular weight excluding hydrogens is 231 g/mol. The number of fused-ring (bicyclic) bond motifs is 1. The average Bonchev–Trinajstić information content (AvgIpc) is 2.95. The van der Waals surface area contributed by atoms with E-state index in [4.69, 9.17) is 11.6 Å². The van der Waals surface area contributed by atoms with E-state index in [0.29, 0.717) is 22.6 Å². The van der Waals surface area contributed by atoms with Gasteiger partial charge in [-0.15, -0.1) is 0 Å². The molecule has 0 bridgehead atoms. The highest BCUT2D eigenvalue weighted by molar-refractivity contribution is 6.29. The highest BCUT2D eigenvalue weighted by Crippen LogP contribution is 2.39. The van der Waals surface area contributed by atoms with Crippen molar-refractivity contribution in [1.82, 2.24) is 9.55 Å². The number of nitrogens with zero attached hydrogens (tertiary/aromatic N) is 2. The Morgan fingerprint density at radius 1 is 1.44 bits per heavy atom. The fourth-order valence-electron chi connectivity index (χ4n) is 1.83. The number of hydrogen-bond acceptors (Lipinski definition) is 2. The van der Waals surface area contributed by atoms with Crippen LogP contribution in [0, 0.1) is 0 Å². The second kappa shape index (κ2) is 3.28. The van der Waals surface area contributed by atoms with Crippen LogP contribution in [0.3, 0.4) is 0 Å². The van der Waals surface area contributed by atoms with E-state index in [0.717, 1.165) is 0 Å². The summed E-state index contributed by atoms with van der Waals surface area (Å²) < 4.78 is 14.7. The summed E-state index contributed by atoms with van der Waals surface area (Å²) in [5.74, 6) is 0. The van der Waals surface area contributed by atoms with Gasteiger partial charge in [0.1, 0.15) is 17.0 Å². The van der Waals surface area contributed by atoms with E-state index in [-0.39, 0.29) is 11.5 Å². The maximum atomic E-state index is 13.0. The molecule has 0 unspecified atom stereocenters. The minimum Gasteiger partial charge on any atom is -0.326 e. The predicted octanol–water partition coefficient (Wildman–Crippen LogP) is 2.33. The average molecular weight is 239 g/mol. The molecule has 1 aliphatic rings. The summed E-state index contributed by atoms with van der Waals surface area (Å²) >= 11 is 5.78. The Morgan fingerprint density at radius 3 is 2.88 bits per heavy atom. The molecule has 1 aliphatic carbocycles. The van der Waals surface area contributed by atoms with E-state index in [1.807, 2.05) is 0 Å². The Morgan fingerprint density at radius 2 is 2.19 bits per heavy atom. The molecule has 16 heavy (non-hydrogen) atoms. The fraction of sp³-hybridized carbons (Fsp3) is 0.273. The molecule has 0 saturated heterocycles. The number of rotatable bonds is 1. The predicted molar refractivity (Wildman–Crippen MR) is 59.6 cm³/mol. The monoisotopic (exact) mass is 238 g/mol. The van der Waals surface area contributed by atoms with Gasteiger partial charge in [0, 0.05) is 18.7 Å². The van der Waals surface area contributed by atoms with Crippen LogP contribution in [-0.4, -0.2) is 15.7 Å². The summed E-state index contributed by atoms with van der Waals surface area (Å²) in [6.07, 6.45) is 1.22. The van der Waals surface area contributed by atoms with Crippen molar-refractivity contribution in [3.63, 3.8) is 0 Å². The molecule has 2 aromatic rings. The zero-order chi connectivity index (χ0) is 11.3. The first-order valence-electron chi connectivity index (χ1n) is 4.98. The third-order valence-corrected chi connectivity index (χ3v) is 2.99. The molecule has 3 nitrogen and oxygen atoms in total. The molecule has 5 heteroatoms. The minimum atomic E-state index is -0.841. The van der Waals surface area contributed by atoms with E-state index in [1.54, 1.807) is 22.9 Å². The van der Waals surface area contributed by atoms with Crippen molar-refractivity contribution < 1.29 is 4.39 Å². The van der Waals surface area contributed by atoms with Crippen molar-refractivity contribution in [3.8, 4) is 0 Å². The van der Waals surface area contributed by atoms with Crippen molar-refractivity contribution in [3.05, 3.63) is 39.8 Å². The van der Waals surface area contributed by atoms with Gasteiger partial charge < -0.3 is 4.57 Å². The molecule has 0 spiro atoms. The molecule has 2 atom stereocenters. The van der Waals surface area contributed by atoms with E-state index in [1.165, 1.54) is 6.07 Å². The Balaban J connectivity index is 2.33. The lowest BCUT2D eigenvalue weighted by Gasteiger charge is -2.07. The van der Waals surface area contributed by atoms with Gasteiger partial charge in [0.15, 0.2) is 5.43 Å². The SMILES string of the molecule is O=c1ccn([C@@H]2C[C@@H]2F)c2nc(Cl)ccc12. The lowest BCUT2D eigenvalue weighted by Crippen LogP contribution is -2.09. The minimum absolute atomic E-state index is 0.119. The van der Waals surface area contributed by atoms with Gasteiger partial charge in [-0.1, -0.05) is 11.6 Å². The summed E-state index contributed by atoms with van der Waals surface area (Å²) in [6, 6.07) is 4.42. The Hall–Kier alpha value is -1.42. The molecule has 0 radical (unpaired) electrons. The van der Waals surface area contributed by atoms with Gasteiger partial charge in [-0.2, -0.15) is 0 Å². The van der Waals surface area contributed by atoms with Crippen LogP contribution >= 0.6 is 11.6 Å². The molecule has 0 aromatic carbocycles. The highest BCUT2D eigenvalue weighted by Gasteiger charge is 2.39. The van der Waals surface area contributed by atoms with Gasteiger partial charge in [-0.25, -0.2) is 9.37 Å². The summed E-state index contributed by atoms with van der Waals surface area (Å²) in [5.41, 5.74) is 0.344. The molecule has 3 rings (SSSR count). The standard InChI is InChI=1S/C11H8ClFN2O/c12-10-2-1-6-9(16)3-4-15(11(6)14-10)8-5-7(8)13/h1-4,7-8H,5H2/t7-,8+/m0/s1. The van der Waals surface area contributed by atoms with Gasteiger partial charge in [0.05, 0.1) is 11.4 Å². The first kappa shape index (κ1) is 9.78. The zero-order valence-corrected chi connectivity index (χ0v) is 8.99. The highest BCUT2D eigenvalue weighted by atomic mass is 35.5. The van der Waals surface area contributed by atoms with Crippen LogP contribution in [0.1, 0.15) is 12.5 Å². The summed E-state index contributed by atoms with van der Waals surface area (Å²) in [4.78, 5) is 15.7. The first-order valence-corrected chi connectivity index (χ1v) is 5.36. The van der Waals surface area contributed by atoms with Crippen LogP contribution in [0.5, 0.6) is 0 Å². The van der Waals surface area contributed by atoms with Crippen LogP contribution in [0.25, 0.3) is 11.0 Å². The van der Waals surface area contributed by atoms with Gasteiger partial charge >= 0.3 is 0 Å². The van der Waals surface area contributed by atoms with Gasteiger partial charge in [0.25, 0.3) is 0 Å². The quantitative estimate of drug-likeness (QED) is 0.715. The number of alkyl halides is 1. The van der Waals surface area contributed by atoms with E-state index < -0.39 is 6.17 Å². The number of hydrogen-bond donors (Lipinski definition) is 0. The Bertz CT molecular complexity index is 625. The largest absolute Gasteiger partial charge is 0.326 e. The third-order valence-electron chi connectivity index (χ3n) is 2.78. The van der Waals surface area contributed by atoms with Gasteiger partial charge in [-0.05, 0) is 12.1 Å². The maximum Gasteiger partial charge on any atom is 0.191 e. The number of pyridine rings is 2. The topological polar surface area (TPSA) is 34.9 Å². The summed E-state index contributed by atoms with van der Waals surface area (Å²) in [5, 5.41) is 0.786. The Labute approximate surface area is 95.5 Å². The van der Waals surface area contributed by atoms with Crippen molar-refractivity contribution in [2.45, 2.75) is 18.6 Å². The number of halogens is 2. The fourth-order valence-corrected chi connectivity index (χ4v) is 1.97. The second-order valence-electron chi connectivity index (χ2n) is 3.91.